The molecule has 102 valence electrons. The fraction of sp³-hybridized carbons (Fsp3) is 0.412. The average Bonchev–Trinajstić information content (AvgIpc) is 2.75. The zero-order valence-corrected chi connectivity index (χ0v) is 12.3. The molecule has 1 N–H and O–H groups in total. The minimum atomic E-state index is 0.217. The number of aryl methyl sites for hydroxylation is 3. The van der Waals surface area contributed by atoms with Crippen molar-refractivity contribution in [1.29, 1.82) is 0 Å². The lowest BCUT2D eigenvalue weighted by Crippen LogP contribution is -2.22. The predicted molar refractivity (Wildman–Crippen MR) is 79.5 cm³/mol. The zero-order valence-electron chi connectivity index (χ0n) is 12.3. The average molecular weight is 257 g/mol. The van der Waals surface area contributed by atoms with Crippen molar-refractivity contribution in [3.8, 4) is 0 Å². The third-order valence-corrected chi connectivity index (χ3v) is 3.49. The van der Waals surface area contributed by atoms with Gasteiger partial charge in [0.1, 0.15) is 11.5 Å². The molecule has 0 saturated heterocycles. The van der Waals surface area contributed by atoms with E-state index in [9.17, 15) is 0 Å². The maximum Gasteiger partial charge on any atom is 0.106 e. The van der Waals surface area contributed by atoms with Gasteiger partial charge in [0.2, 0.25) is 0 Å². The second-order valence-electron chi connectivity index (χ2n) is 4.96. The van der Waals surface area contributed by atoms with E-state index in [1.165, 1.54) is 16.7 Å². The van der Waals surface area contributed by atoms with Crippen LogP contribution in [-0.4, -0.2) is 6.54 Å². The Morgan fingerprint density at radius 1 is 1.16 bits per heavy atom. The van der Waals surface area contributed by atoms with Gasteiger partial charge in [0, 0.05) is 5.56 Å². The van der Waals surface area contributed by atoms with Crippen molar-refractivity contribution in [1.82, 2.24) is 5.32 Å². The first-order valence-electron chi connectivity index (χ1n) is 7.04. The van der Waals surface area contributed by atoms with E-state index >= 15 is 0 Å². The Hall–Kier alpha value is -1.54. The van der Waals surface area contributed by atoms with Crippen LogP contribution in [0.2, 0.25) is 0 Å². The Morgan fingerprint density at radius 3 is 2.53 bits per heavy atom. The first-order chi connectivity index (χ1) is 9.15. The molecule has 0 aliphatic carbocycles. The van der Waals surface area contributed by atoms with E-state index in [0.717, 1.165) is 24.5 Å². The fourth-order valence-electron chi connectivity index (χ4n) is 2.54. The molecule has 2 rings (SSSR count). The molecular formula is C17H23NO. The van der Waals surface area contributed by atoms with Gasteiger partial charge in [-0.1, -0.05) is 38.1 Å². The molecule has 0 saturated carbocycles. The lowest BCUT2D eigenvalue weighted by atomic mass is 9.96. The number of furan rings is 1. The van der Waals surface area contributed by atoms with Gasteiger partial charge in [0.05, 0.1) is 6.04 Å². The molecular weight excluding hydrogens is 234 g/mol. The summed E-state index contributed by atoms with van der Waals surface area (Å²) in [6.45, 7) is 9.30. The molecule has 2 aromatic rings. The summed E-state index contributed by atoms with van der Waals surface area (Å²) in [5, 5.41) is 3.56. The van der Waals surface area contributed by atoms with Crippen molar-refractivity contribution in [2.75, 3.05) is 6.54 Å². The minimum Gasteiger partial charge on any atom is -0.466 e. The summed E-state index contributed by atoms with van der Waals surface area (Å²) in [6.07, 6.45) is 1.07. The van der Waals surface area contributed by atoms with Gasteiger partial charge in [-0.2, -0.15) is 0 Å². The molecule has 0 spiro atoms. The highest BCUT2D eigenvalue weighted by Crippen LogP contribution is 2.28. The SMILES string of the molecule is CCNC(c1cccc(CC)c1)c1cc(C)oc1C. The van der Waals surface area contributed by atoms with Crippen LogP contribution in [-0.2, 0) is 6.42 Å². The van der Waals surface area contributed by atoms with Gasteiger partial charge in [-0.05, 0) is 44.0 Å². The molecule has 2 nitrogen and oxygen atoms in total. The number of benzene rings is 1. The number of hydrogen-bond acceptors (Lipinski definition) is 2. The van der Waals surface area contributed by atoms with Crippen molar-refractivity contribution >= 4 is 0 Å². The van der Waals surface area contributed by atoms with Crippen molar-refractivity contribution in [3.05, 3.63) is 58.5 Å². The zero-order chi connectivity index (χ0) is 13.8. The van der Waals surface area contributed by atoms with Gasteiger partial charge in [0.25, 0.3) is 0 Å². The van der Waals surface area contributed by atoms with E-state index in [4.69, 9.17) is 4.42 Å². The first kappa shape index (κ1) is 13.9. The van der Waals surface area contributed by atoms with Crippen LogP contribution in [0.25, 0.3) is 0 Å². The summed E-state index contributed by atoms with van der Waals surface area (Å²) >= 11 is 0. The molecule has 1 aromatic carbocycles. The van der Waals surface area contributed by atoms with Crippen LogP contribution >= 0.6 is 0 Å². The molecule has 0 bridgehead atoms. The highest BCUT2D eigenvalue weighted by molar-refractivity contribution is 5.36. The van der Waals surface area contributed by atoms with Gasteiger partial charge in [-0.15, -0.1) is 0 Å². The van der Waals surface area contributed by atoms with Crippen LogP contribution in [0.1, 0.15) is 48.1 Å². The van der Waals surface area contributed by atoms with Crippen LogP contribution in [0.5, 0.6) is 0 Å². The number of hydrogen-bond donors (Lipinski definition) is 1. The second-order valence-corrected chi connectivity index (χ2v) is 4.96. The van der Waals surface area contributed by atoms with Gasteiger partial charge in [-0.25, -0.2) is 0 Å². The van der Waals surface area contributed by atoms with E-state index < -0.39 is 0 Å². The molecule has 1 atom stereocenters. The van der Waals surface area contributed by atoms with Gasteiger partial charge < -0.3 is 9.73 Å². The van der Waals surface area contributed by atoms with Gasteiger partial charge >= 0.3 is 0 Å². The number of nitrogens with one attached hydrogen (secondary N) is 1. The highest BCUT2D eigenvalue weighted by Gasteiger charge is 2.18. The van der Waals surface area contributed by atoms with E-state index in [2.05, 4.69) is 49.5 Å². The minimum absolute atomic E-state index is 0.217. The molecule has 19 heavy (non-hydrogen) atoms. The Balaban J connectivity index is 2.41. The molecule has 0 fully saturated rings. The van der Waals surface area contributed by atoms with Crippen molar-refractivity contribution in [2.24, 2.45) is 0 Å². The van der Waals surface area contributed by atoms with E-state index in [1.54, 1.807) is 0 Å². The molecule has 2 heteroatoms. The van der Waals surface area contributed by atoms with Crippen LogP contribution in [0.3, 0.4) is 0 Å². The molecule has 0 aliphatic heterocycles. The molecule has 0 amide bonds. The van der Waals surface area contributed by atoms with Crippen molar-refractivity contribution in [2.45, 2.75) is 40.2 Å². The summed E-state index contributed by atoms with van der Waals surface area (Å²) in [6, 6.07) is 11.2. The molecule has 1 aromatic heterocycles. The molecule has 0 aliphatic rings. The molecule has 0 radical (unpaired) electrons. The van der Waals surface area contributed by atoms with Crippen molar-refractivity contribution < 1.29 is 4.42 Å². The molecule has 1 heterocycles. The normalized spacial score (nSPS) is 12.6. The summed E-state index contributed by atoms with van der Waals surface area (Å²) in [7, 11) is 0. The van der Waals surface area contributed by atoms with Crippen molar-refractivity contribution in [3.63, 3.8) is 0 Å². The second kappa shape index (κ2) is 6.07. The Labute approximate surface area is 115 Å². The summed E-state index contributed by atoms with van der Waals surface area (Å²) in [5.41, 5.74) is 3.93. The van der Waals surface area contributed by atoms with Crippen LogP contribution in [0.4, 0.5) is 0 Å². The smallest absolute Gasteiger partial charge is 0.106 e. The third-order valence-electron chi connectivity index (χ3n) is 3.49. The topological polar surface area (TPSA) is 25.2 Å². The van der Waals surface area contributed by atoms with Crippen LogP contribution in [0, 0.1) is 13.8 Å². The summed E-state index contributed by atoms with van der Waals surface area (Å²) in [4.78, 5) is 0. The largest absolute Gasteiger partial charge is 0.466 e. The van der Waals surface area contributed by atoms with Gasteiger partial charge in [-0.3, -0.25) is 0 Å². The summed E-state index contributed by atoms with van der Waals surface area (Å²) < 4.78 is 5.68. The van der Waals surface area contributed by atoms with E-state index in [-0.39, 0.29) is 6.04 Å². The van der Waals surface area contributed by atoms with Crippen LogP contribution in [0.15, 0.2) is 34.7 Å². The predicted octanol–water partition coefficient (Wildman–Crippen LogP) is 4.16. The maximum atomic E-state index is 5.68. The fourth-order valence-corrected chi connectivity index (χ4v) is 2.54. The standard InChI is InChI=1S/C17H23NO/c1-5-14-8-7-9-15(11-14)17(18-6-2)16-10-12(3)19-13(16)4/h7-11,17-18H,5-6H2,1-4H3. The Morgan fingerprint density at radius 2 is 1.95 bits per heavy atom. The Kier molecular flexibility index (Phi) is 4.43. The lowest BCUT2D eigenvalue weighted by Gasteiger charge is -2.18. The highest BCUT2D eigenvalue weighted by atomic mass is 16.3. The van der Waals surface area contributed by atoms with E-state index in [0.29, 0.717) is 0 Å². The van der Waals surface area contributed by atoms with Crippen LogP contribution < -0.4 is 5.32 Å². The quantitative estimate of drug-likeness (QED) is 0.870. The first-order valence-corrected chi connectivity index (χ1v) is 7.04. The number of rotatable bonds is 5. The summed E-state index contributed by atoms with van der Waals surface area (Å²) in [5.74, 6) is 1.98. The van der Waals surface area contributed by atoms with Gasteiger partial charge in [0.15, 0.2) is 0 Å². The third kappa shape index (κ3) is 3.07. The molecule has 1 unspecified atom stereocenters. The van der Waals surface area contributed by atoms with E-state index in [1.807, 2.05) is 13.8 Å². The lowest BCUT2D eigenvalue weighted by molar-refractivity contribution is 0.495. The monoisotopic (exact) mass is 257 g/mol. The maximum absolute atomic E-state index is 5.68. The Bertz CT molecular complexity index is 542.